The molecule has 0 unspecified atom stereocenters. The number of aromatic nitrogens is 1. The molecule has 178 valence electrons. The molecule has 0 saturated carbocycles. The van der Waals surface area contributed by atoms with Gasteiger partial charge in [-0.25, -0.2) is 0 Å². The van der Waals surface area contributed by atoms with Crippen molar-refractivity contribution in [2.45, 2.75) is 33.5 Å². The van der Waals surface area contributed by atoms with E-state index in [-0.39, 0.29) is 5.78 Å². The van der Waals surface area contributed by atoms with Gasteiger partial charge < -0.3 is 18.8 Å². The highest BCUT2D eigenvalue weighted by atomic mass is 32.1. The average molecular weight is 487 g/mol. The predicted molar refractivity (Wildman–Crippen MR) is 137 cm³/mol. The lowest BCUT2D eigenvalue weighted by atomic mass is 10.00. The number of ketones is 1. The summed E-state index contributed by atoms with van der Waals surface area (Å²) in [5.41, 5.74) is 4.52. The van der Waals surface area contributed by atoms with Crippen molar-refractivity contribution in [1.82, 2.24) is 9.47 Å². The summed E-state index contributed by atoms with van der Waals surface area (Å²) in [6, 6.07) is 12.1. The molecule has 0 amide bonds. The maximum Gasteiger partial charge on any atom is 0.231 e. The number of ether oxygens (including phenoxy) is 3. The second-order valence-electron chi connectivity index (χ2n) is 8.90. The molecule has 35 heavy (non-hydrogen) atoms. The Balaban J connectivity index is 1.35. The van der Waals surface area contributed by atoms with Crippen molar-refractivity contribution in [1.29, 1.82) is 0 Å². The summed E-state index contributed by atoms with van der Waals surface area (Å²) in [5.74, 6) is 2.44. The Morgan fingerprint density at radius 2 is 2.09 bits per heavy atom. The predicted octanol–water partition coefficient (Wildman–Crippen LogP) is 6.01. The van der Waals surface area contributed by atoms with Crippen molar-refractivity contribution in [3.63, 3.8) is 0 Å². The van der Waals surface area contributed by atoms with Crippen LogP contribution in [0.4, 0.5) is 0 Å². The second kappa shape index (κ2) is 8.59. The molecule has 0 aliphatic carbocycles. The summed E-state index contributed by atoms with van der Waals surface area (Å²) in [5, 5.41) is 3.11. The van der Waals surface area contributed by atoms with E-state index >= 15 is 0 Å². The molecule has 6 rings (SSSR count). The van der Waals surface area contributed by atoms with Gasteiger partial charge in [0.25, 0.3) is 0 Å². The highest BCUT2D eigenvalue weighted by Gasteiger charge is 2.34. The van der Waals surface area contributed by atoms with Gasteiger partial charge in [-0.05, 0) is 55.6 Å². The molecule has 0 radical (unpaired) electrons. The van der Waals surface area contributed by atoms with Crippen LogP contribution in [-0.2, 0) is 19.6 Å². The number of benzene rings is 2. The van der Waals surface area contributed by atoms with E-state index in [2.05, 4.69) is 40.1 Å². The number of Topliss-reactive ketones (excluding diaryl/α,β-unsaturated/α-hetero) is 1. The number of hydrogen-bond acceptors (Lipinski definition) is 6. The van der Waals surface area contributed by atoms with Crippen LogP contribution in [0.3, 0.4) is 0 Å². The zero-order valence-corrected chi connectivity index (χ0v) is 20.8. The first-order valence-electron chi connectivity index (χ1n) is 11.7. The summed E-state index contributed by atoms with van der Waals surface area (Å²) in [4.78, 5) is 17.0. The van der Waals surface area contributed by atoms with Gasteiger partial charge in [-0.3, -0.25) is 9.69 Å². The van der Waals surface area contributed by atoms with E-state index in [1.54, 1.807) is 18.4 Å². The molecule has 2 aliphatic heterocycles. The summed E-state index contributed by atoms with van der Waals surface area (Å²) in [6.45, 7) is 6.97. The molecule has 0 bridgehead atoms. The number of carbonyl (C=O) groups is 1. The third-order valence-electron chi connectivity index (χ3n) is 6.71. The van der Waals surface area contributed by atoms with Crippen molar-refractivity contribution >= 4 is 34.1 Å². The zero-order chi connectivity index (χ0) is 24.1. The van der Waals surface area contributed by atoms with Crippen molar-refractivity contribution in [2.75, 3.05) is 13.8 Å². The fraction of sp³-hybridized carbons (Fsp3) is 0.250. The van der Waals surface area contributed by atoms with Gasteiger partial charge in [0.05, 0.1) is 12.7 Å². The molecule has 7 heteroatoms. The Morgan fingerprint density at radius 3 is 2.86 bits per heavy atom. The summed E-state index contributed by atoms with van der Waals surface area (Å²) in [6.07, 6.45) is 3.90. The van der Waals surface area contributed by atoms with Crippen molar-refractivity contribution in [3.8, 4) is 17.2 Å². The van der Waals surface area contributed by atoms with Gasteiger partial charge in [-0.15, -0.1) is 11.3 Å². The van der Waals surface area contributed by atoms with E-state index in [1.807, 2.05) is 37.3 Å². The lowest BCUT2D eigenvalue weighted by Crippen LogP contribution is -2.31. The van der Waals surface area contributed by atoms with Crippen molar-refractivity contribution < 1.29 is 19.0 Å². The number of carbonyl (C=O) groups excluding carboxylic acids is 1. The van der Waals surface area contributed by atoms with Crippen molar-refractivity contribution in [3.05, 3.63) is 80.9 Å². The molecule has 2 aromatic heterocycles. The van der Waals surface area contributed by atoms with E-state index in [4.69, 9.17) is 14.2 Å². The van der Waals surface area contributed by atoms with Crippen molar-refractivity contribution in [2.24, 2.45) is 0 Å². The standard InChI is InChI=1S/C28H26N2O4S/c1-4-30-14-18(22-12-20(32-3)7-8-24(22)30)11-25-26(31)23-10-19-13-29(15-21-6-5-9-35-21)16-33-27(19)17(2)28(23)34-25/h5-12,14H,4,13,15-16H2,1-3H3/b25-11-. The molecular formula is C28H26N2O4S. The Hall–Kier alpha value is -3.55. The average Bonchev–Trinajstić information content (AvgIpc) is 3.58. The maximum atomic E-state index is 13.4. The van der Waals surface area contributed by atoms with Gasteiger partial charge in [0.1, 0.15) is 24.0 Å². The van der Waals surface area contributed by atoms with Crippen LogP contribution in [0.25, 0.3) is 17.0 Å². The minimum Gasteiger partial charge on any atom is -0.497 e. The quantitative estimate of drug-likeness (QED) is 0.324. The number of allylic oxidation sites excluding steroid dienone is 1. The van der Waals surface area contributed by atoms with Crippen LogP contribution in [0, 0.1) is 6.92 Å². The Kier molecular flexibility index (Phi) is 5.39. The number of methoxy groups -OCH3 is 1. The molecule has 4 aromatic rings. The molecule has 0 saturated heterocycles. The van der Waals surface area contributed by atoms with Gasteiger partial charge in [0.15, 0.2) is 5.76 Å². The van der Waals surface area contributed by atoms with E-state index in [0.29, 0.717) is 23.8 Å². The first-order chi connectivity index (χ1) is 17.1. The third kappa shape index (κ3) is 3.72. The molecule has 0 atom stereocenters. The monoisotopic (exact) mass is 486 g/mol. The molecule has 6 nitrogen and oxygen atoms in total. The number of nitrogens with zero attached hydrogens (tertiary/aromatic N) is 2. The molecular weight excluding hydrogens is 460 g/mol. The number of hydrogen-bond donors (Lipinski definition) is 0. The third-order valence-corrected chi connectivity index (χ3v) is 7.57. The molecule has 0 fully saturated rings. The zero-order valence-electron chi connectivity index (χ0n) is 20.0. The van der Waals surface area contributed by atoms with Crippen LogP contribution in [0.5, 0.6) is 17.2 Å². The Bertz CT molecular complexity index is 1480. The van der Waals surface area contributed by atoms with E-state index < -0.39 is 0 Å². The fourth-order valence-corrected chi connectivity index (χ4v) is 5.72. The van der Waals surface area contributed by atoms with Gasteiger partial charge in [-0.2, -0.15) is 0 Å². The Morgan fingerprint density at radius 1 is 1.20 bits per heavy atom. The lowest BCUT2D eigenvalue weighted by Gasteiger charge is -2.30. The fourth-order valence-electron chi connectivity index (χ4n) is 4.97. The lowest BCUT2D eigenvalue weighted by molar-refractivity contribution is 0.0886. The largest absolute Gasteiger partial charge is 0.497 e. The first-order valence-corrected chi connectivity index (χ1v) is 12.6. The highest BCUT2D eigenvalue weighted by Crippen LogP contribution is 2.43. The number of rotatable bonds is 5. The normalized spacial score (nSPS) is 16.3. The Labute approximate surface area is 207 Å². The van der Waals surface area contributed by atoms with Crippen LogP contribution in [0.2, 0.25) is 0 Å². The number of aryl methyl sites for hydroxylation is 1. The van der Waals surface area contributed by atoms with Gasteiger partial charge in [0.2, 0.25) is 5.78 Å². The van der Waals surface area contributed by atoms with Crippen LogP contribution in [0.1, 0.15) is 38.8 Å². The highest BCUT2D eigenvalue weighted by molar-refractivity contribution is 7.09. The summed E-state index contributed by atoms with van der Waals surface area (Å²) < 4.78 is 19.9. The van der Waals surface area contributed by atoms with Gasteiger partial charge in [-0.1, -0.05) is 6.07 Å². The van der Waals surface area contributed by atoms with E-state index in [9.17, 15) is 4.79 Å². The van der Waals surface area contributed by atoms with Gasteiger partial charge in [0, 0.05) is 58.3 Å². The smallest absolute Gasteiger partial charge is 0.231 e. The van der Waals surface area contributed by atoms with Crippen LogP contribution < -0.4 is 14.2 Å². The first kappa shape index (κ1) is 21.9. The van der Waals surface area contributed by atoms with Crippen LogP contribution in [0.15, 0.2) is 53.7 Å². The summed E-state index contributed by atoms with van der Waals surface area (Å²) in [7, 11) is 1.66. The minimum absolute atomic E-state index is 0.0958. The summed E-state index contributed by atoms with van der Waals surface area (Å²) >= 11 is 1.74. The molecule has 2 aliphatic rings. The number of fused-ring (bicyclic) bond motifs is 3. The molecule has 2 aromatic carbocycles. The van der Waals surface area contributed by atoms with E-state index in [1.165, 1.54) is 4.88 Å². The minimum atomic E-state index is -0.0958. The molecule has 0 spiro atoms. The van der Waals surface area contributed by atoms with Crippen LogP contribution >= 0.6 is 11.3 Å². The SMILES string of the molecule is CCn1cc(/C=C2\Oc3c(cc4c(c3C)OCN(Cc3cccs3)C4)C2=O)c2cc(OC)ccc21. The number of thiophene rings is 1. The molecule has 4 heterocycles. The maximum absolute atomic E-state index is 13.4. The topological polar surface area (TPSA) is 52.9 Å². The second-order valence-corrected chi connectivity index (χ2v) is 9.93. The van der Waals surface area contributed by atoms with Crippen LogP contribution in [-0.4, -0.2) is 29.1 Å². The van der Waals surface area contributed by atoms with Gasteiger partial charge >= 0.3 is 0 Å². The van der Waals surface area contributed by atoms with E-state index in [0.717, 1.165) is 58.7 Å². The molecule has 0 N–H and O–H groups in total.